The van der Waals surface area contributed by atoms with E-state index in [0.717, 1.165) is 15.6 Å². The molecule has 2 amide bonds. The van der Waals surface area contributed by atoms with E-state index in [9.17, 15) is 14.4 Å². The van der Waals surface area contributed by atoms with Crippen molar-refractivity contribution in [3.05, 3.63) is 64.1 Å². The highest BCUT2D eigenvalue weighted by atomic mass is 79.9. The molecule has 1 unspecified atom stereocenters. The molecule has 148 valence electrons. The molecule has 0 aliphatic heterocycles. The van der Waals surface area contributed by atoms with Crippen molar-refractivity contribution in [1.29, 1.82) is 0 Å². The van der Waals surface area contributed by atoms with Crippen molar-refractivity contribution in [3.8, 4) is 0 Å². The molecule has 0 aliphatic rings. The van der Waals surface area contributed by atoms with Crippen LogP contribution in [0.15, 0.2) is 53.0 Å². The summed E-state index contributed by atoms with van der Waals surface area (Å²) in [6.07, 6.45) is 0.181. The third-order valence-corrected chi connectivity index (χ3v) is 4.61. The number of ether oxygens (including phenoxy) is 1. The number of carbonyl (C=O) groups is 3. The number of aryl methyl sites for hydroxylation is 1. The van der Waals surface area contributed by atoms with Gasteiger partial charge in [0.25, 0.3) is 5.91 Å². The highest BCUT2D eigenvalue weighted by Gasteiger charge is 2.14. The molecule has 2 aromatic rings. The maximum Gasteiger partial charge on any atom is 0.306 e. The van der Waals surface area contributed by atoms with Gasteiger partial charge in [-0.15, -0.1) is 0 Å². The molecule has 0 heterocycles. The zero-order valence-electron chi connectivity index (χ0n) is 15.8. The molecule has 0 aromatic heterocycles. The van der Waals surface area contributed by atoms with Crippen LogP contribution in [0.2, 0.25) is 0 Å². The van der Waals surface area contributed by atoms with Gasteiger partial charge in [-0.2, -0.15) is 0 Å². The minimum absolute atomic E-state index is 0.00307. The molecule has 0 saturated carbocycles. The first kappa shape index (κ1) is 21.6. The molecule has 2 N–H and O–H groups in total. The number of benzene rings is 2. The number of esters is 1. The molecule has 28 heavy (non-hydrogen) atoms. The maximum absolute atomic E-state index is 11.9. The Kier molecular flexibility index (Phi) is 8.19. The van der Waals surface area contributed by atoms with Gasteiger partial charge in [-0.3, -0.25) is 14.4 Å². The van der Waals surface area contributed by atoms with E-state index in [1.165, 1.54) is 0 Å². The first-order valence-electron chi connectivity index (χ1n) is 8.88. The van der Waals surface area contributed by atoms with Crippen molar-refractivity contribution in [3.63, 3.8) is 0 Å². The monoisotopic (exact) mass is 446 g/mol. The highest BCUT2D eigenvalue weighted by molar-refractivity contribution is 9.10. The quantitative estimate of drug-likeness (QED) is 0.607. The lowest BCUT2D eigenvalue weighted by molar-refractivity contribution is -0.148. The Bertz CT molecular complexity index is 840. The molecule has 0 saturated heterocycles. The largest absolute Gasteiger partial charge is 0.456 e. The summed E-state index contributed by atoms with van der Waals surface area (Å²) >= 11 is 3.36. The van der Waals surface area contributed by atoms with E-state index < -0.39 is 18.5 Å². The Labute approximate surface area is 172 Å². The summed E-state index contributed by atoms with van der Waals surface area (Å²) in [5.74, 6) is -1.34. The van der Waals surface area contributed by atoms with E-state index in [2.05, 4.69) is 26.6 Å². The Balaban J connectivity index is 1.69. The normalized spacial score (nSPS) is 11.4. The second-order valence-electron chi connectivity index (χ2n) is 6.46. The van der Waals surface area contributed by atoms with Crippen LogP contribution in [0.3, 0.4) is 0 Å². The number of anilines is 1. The molecule has 0 bridgehead atoms. The van der Waals surface area contributed by atoms with Crippen LogP contribution in [-0.2, 0) is 19.1 Å². The number of halogens is 1. The van der Waals surface area contributed by atoms with Crippen LogP contribution < -0.4 is 10.6 Å². The van der Waals surface area contributed by atoms with Gasteiger partial charge in [-0.25, -0.2) is 0 Å². The molecular weight excluding hydrogens is 424 g/mol. The molecule has 0 spiro atoms. The third kappa shape index (κ3) is 7.15. The second kappa shape index (κ2) is 10.6. The summed E-state index contributed by atoms with van der Waals surface area (Å²) < 4.78 is 5.91. The molecule has 0 aliphatic carbocycles. The lowest BCUT2D eigenvalue weighted by atomic mass is 9.98. The summed E-state index contributed by atoms with van der Waals surface area (Å²) in [7, 11) is 0. The van der Waals surface area contributed by atoms with Crippen molar-refractivity contribution >= 4 is 39.4 Å². The fourth-order valence-corrected chi connectivity index (χ4v) is 3.02. The fraction of sp³-hybridized carbons (Fsp3) is 0.286. The molecule has 2 rings (SSSR count). The summed E-state index contributed by atoms with van der Waals surface area (Å²) in [6.45, 7) is 3.18. The average molecular weight is 447 g/mol. The standard InChI is InChI=1S/C21H23BrN2O4/c1-14(16-6-4-3-5-7-16)11-21(27)28-13-20(26)23-12-19(25)24-18-9-8-17(22)10-15(18)2/h3-10,14H,11-13H2,1-2H3,(H,23,26)(H,24,25). The third-order valence-electron chi connectivity index (χ3n) is 4.11. The summed E-state index contributed by atoms with van der Waals surface area (Å²) in [5.41, 5.74) is 2.60. The SMILES string of the molecule is Cc1cc(Br)ccc1NC(=O)CNC(=O)COC(=O)CC(C)c1ccccc1. The van der Waals surface area contributed by atoms with E-state index in [0.29, 0.717) is 5.69 Å². The zero-order chi connectivity index (χ0) is 20.5. The topological polar surface area (TPSA) is 84.5 Å². The van der Waals surface area contributed by atoms with Crippen LogP contribution in [0.5, 0.6) is 0 Å². The number of hydrogen-bond acceptors (Lipinski definition) is 4. The Morgan fingerprint density at radius 1 is 1.07 bits per heavy atom. The lowest BCUT2D eigenvalue weighted by Crippen LogP contribution is -2.35. The number of hydrogen-bond donors (Lipinski definition) is 2. The number of rotatable bonds is 8. The first-order chi connectivity index (χ1) is 13.3. The first-order valence-corrected chi connectivity index (χ1v) is 9.67. The van der Waals surface area contributed by atoms with Crippen LogP contribution >= 0.6 is 15.9 Å². The van der Waals surface area contributed by atoms with Gasteiger partial charge >= 0.3 is 5.97 Å². The van der Waals surface area contributed by atoms with Gasteiger partial charge in [0.1, 0.15) is 0 Å². The number of carbonyl (C=O) groups excluding carboxylic acids is 3. The van der Waals surface area contributed by atoms with Gasteiger partial charge in [0.15, 0.2) is 6.61 Å². The van der Waals surface area contributed by atoms with Crippen molar-refractivity contribution in [2.45, 2.75) is 26.2 Å². The van der Waals surface area contributed by atoms with Gasteiger partial charge in [-0.1, -0.05) is 53.2 Å². The maximum atomic E-state index is 11.9. The van der Waals surface area contributed by atoms with Crippen LogP contribution in [-0.4, -0.2) is 30.9 Å². The van der Waals surface area contributed by atoms with Crippen LogP contribution in [0.1, 0.15) is 30.4 Å². The summed E-state index contributed by atoms with van der Waals surface area (Å²) in [5, 5.41) is 5.16. The van der Waals surface area contributed by atoms with Crippen molar-refractivity contribution < 1.29 is 19.1 Å². The second-order valence-corrected chi connectivity index (χ2v) is 7.38. The highest BCUT2D eigenvalue weighted by Crippen LogP contribution is 2.20. The van der Waals surface area contributed by atoms with Crippen LogP contribution in [0, 0.1) is 6.92 Å². The van der Waals surface area contributed by atoms with Crippen LogP contribution in [0.4, 0.5) is 5.69 Å². The fourth-order valence-electron chi connectivity index (χ4n) is 2.55. The van der Waals surface area contributed by atoms with E-state index >= 15 is 0 Å². The van der Waals surface area contributed by atoms with E-state index in [1.807, 2.05) is 56.3 Å². The predicted molar refractivity (Wildman–Crippen MR) is 111 cm³/mol. The zero-order valence-corrected chi connectivity index (χ0v) is 17.4. The molecular formula is C21H23BrN2O4. The van der Waals surface area contributed by atoms with Crippen molar-refractivity contribution in [1.82, 2.24) is 5.32 Å². The Hall–Kier alpha value is -2.67. The minimum atomic E-state index is -0.525. The van der Waals surface area contributed by atoms with Gasteiger partial charge in [0, 0.05) is 10.2 Å². The summed E-state index contributed by atoms with van der Waals surface area (Å²) in [6, 6.07) is 15.1. The number of amides is 2. The van der Waals surface area contributed by atoms with Gasteiger partial charge in [-0.05, 0) is 42.2 Å². The van der Waals surface area contributed by atoms with Crippen LogP contribution in [0.25, 0.3) is 0 Å². The molecule has 6 nitrogen and oxygen atoms in total. The van der Waals surface area contributed by atoms with E-state index in [-0.39, 0.29) is 24.8 Å². The lowest BCUT2D eigenvalue weighted by Gasteiger charge is -2.12. The molecule has 2 aromatic carbocycles. The molecule has 0 fully saturated rings. The molecule has 1 atom stereocenters. The van der Waals surface area contributed by atoms with Crippen molar-refractivity contribution in [2.24, 2.45) is 0 Å². The van der Waals surface area contributed by atoms with Gasteiger partial charge in [0.2, 0.25) is 5.91 Å². The summed E-state index contributed by atoms with van der Waals surface area (Å²) in [4.78, 5) is 35.6. The van der Waals surface area contributed by atoms with Gasteiger partial charge < -0.3 is 15.4 Å². The van der Waals surface area contributed by atoms with E-state index in [4.69, 9.17) is 4.74 Å². The minimum Gasteiger partial charge on any atom is -0.456 e. The number of nitrogens with one attached hydrogen (secondary N) is 2. The average Bonchev–Trinajstić information content (AvgIpc) is 2.67. The Morgan fingerprint density at radius 2 is 1.79 bits per heavy atom. The Morgan fingerprint density at radius 3 is 2.46 bits per heavy atom. The molecule has 7 heteroatoms. The smallest absolute Gasteiger partial charge is 0.306 e. The van der Waals surface area contributed by atoms with E-state index in [1.54, 1.807) is 6.07 Å². The van der Waals surface area contributed by atoms with Crippen molar-refractivity contribution in [2.75, 3.05) is 18.5 Å². The predicted octanol–water partition coefficient (Wildman–Crippen LogP) is 3.55. The van der Waals surface area contributed by atoms with Gasteiger partial charge in [0.05, 0.1) is 13.0 Å². The molecule has 0 radical (unpaired) electrons.